The largest absolute Gasteiger partial charge is 0.369 e. The fourth-order valence-electron chi connectivity index (χ4n) is 4.25. The zero-order valence-electron chi connectivity index (χ0n) is 17.8. The Balaban J connectivity index is 1.80. The van der Waals surface area contributed by atoms with E-state index in [1.54, 1.807) is 17.3 Å². The summed E-state index contributed by atoms with van der Waals surface area (Å²) < 4.78 is 0. The molecule has 1 aliphatic rings. The highest BCUT2D eigenvalue weighted by Gasteiger charge is 2.40. The second kappa shape index (κ2) is 9.43. The van der Waals surface area contributed by atoms with Gasteiger partial charge in [-0.3, -0.25) is 19.5 Å². The molecule has 32 heavy (non-hydrogen) atoms. The molecular weight excluding hydrogens is 398 g/mol. The first-order chi connectivity index (χ1) is 15.6. The molecule has 4 rings (SSSR count). The third-order valence-corrected chi connectivity index (χ3v) is 5.88. The Morgan fingerprint density at radius 3 is 1.84 bits per heavy atom. The number of amides is 2. The van der Waals surface area contributed by atoms with Crippen molar-refractivity contribution >= 4 is 29.4 Å². The van der Waals surface area contributed by atoms with Crippen LogP contribution >= 0.6 is 0 Å². The molecule has 0 spiro atoms. The van der Waals surface area contributed by atoms with E-state index in [-0.39, 0.29) is 11.8 Å². The molecule has 1 heterocycles. The maximum absolute atomic E-state index is 14.0. The summed E-state index contributed by atoms with van der Waals surface area (Å²) in [5, 5.41) is 0. The number of nitrogens with zero attached hydrogens (tertiary/aromatic N) is 2. The summed E-state index contributed by atoms with van der Waals surface area (Å²) in [7, 11) is 0. The Morgan fingerprint density at radius 2 is 1.34 bits per heavy atom. The molecule has 0 radical (unpaired) electrons. The number of carbonyl (C=O) groups is 2. The fourth-order valence-corrected chi connectivity index (χ4v) is 4.25. The monoisotopic (exact) mass is 423 g/mol. The molecule has 3 aromatic carbocycles. The van der Waals surface area contributed by atoms with Gasteiger partial charge in [0, 0.05) is 35.3 Å². The second-order valence-electron chi connectivity index (χ2n) is 7.85. The minimum atomic E-state index is -0.678. The average molecular weight is 424 g/mol. The summed E-state index contributed by atoms with van der Waals surface area (Å²) in [6, 6.07) is 28.8. The van der Waals surface area contributed by atoms with Crippen LogP contribution in [0, 0.1) is 11.8 Å². The summed E-state index contributed by atoms with van der Waals surface area (Å²) in [6.07, 6.45) is 3.13. The second-order valence-corrected chi connectivity index (χ2v) is 7.85. The van der Waals surface area contributed by atoms with E-state index in [9.17, 15) is 9.59 Å². The van der Waals surface area contributed by atoms with Gasteiger partial charge in [-0.1, -0.05) is 73.7 Å². The van der Waals surface area contributed by atoms with Gasteiger partial charge >= 0.3 is 0 Å². The van der Waals surface area contributed by atoms with E-state index in [2.05, 4.69) is 4.99 Å². The first-order valence-corrected chi connectivity index (χ1v) is 10.6. The molecule has 3 atom stereocenters. The number of primary amides is 1. The lowest BCUT2D eigenvalue weighted by Gasteiger charge is -2.34. The van der Waals surface area contributed by atoms with Crippen molar-refractivity contribution < 1.29 is 9.59 Å². The Bertz CT molecular complexity index is 1100. The zero-order valence-corrected chi connectivity index (χ0v) is 17.8. The number of hydrogen-bond donors (Lipinski definition) is 1. The minimum absolute atomic E-state index is 0.121. The number of rotatable bonds is 6. The van der Waals surface area contributed by atoms with E-state index < -0.39 is 17.7 Å². The highest BCUT2D eigenvalue weighted by molar-refractivity contribution is 6.12. The maximum Gasteiger partial charge on any atom is 0.260 e. The van der Waals surface area contributed by atoms with E-state index in [1.165, 1.54) is 0 Å². The van der Waals surface area contributed by atoms with Crippen LogP contribution in [0.25, 0.3) is 0 Å². The predicted octanol–water partition coefficient (Wildman–Crippen LogP) is 4.84. The SMILES string of the molecule is CC(c1ccccc1)C1C(C(=O)N(c2ccccc2)c2ccccc2)=CN=CC1C(N)=O. The van der Waals surface area contributed by atoms with Crippen LogP contribution in [0.15, 0.2) is 108 Å². The number of anilines is 2. The van der Waals surface area contributed by atoms with Gasteiger partial charge < -0.3 is 5.73 Å². The van der Waals surface area contributed by atoms with Gasteiger partial charge in [-0.05, 0) is 35.7 Å². The average Bonchev–Trinajstić information content (AvgIpc) is 2.85. The summed E-state index contributed by atoms with van der Waals surface area (Å²) in [5.74, 6) is -1.95. The Labute approximate surface area is 187 Å². The van der Waals surface area contributed by atoms with Gasteiger partial charge in [-0.15, -0.1) is 0 Å². The fraction of sp³-hybridized carbons (Fsp3) is 0.148. The van der Waals surface area contributed by atoms with Gasteiger partial charge in [-0.2, -0.15) is 0 Å². The van der Waals surface area contributed by atoms with E-state index in [0.717, 1.165) is 16.9 Å². The molecule has 1 aliphatic heterocycles. The Hall–Kier alpha value is -3.99. The van der Waals surface area contributed by atoms with Crippen LogP contribution in [0.5, 0.6) is 0 Å². The zero-order chi connectivity index (χ0) is 22.5. The predicted molar refractivity (Wildman–Crippen MR) is 128 cm³/mol. The van der Waals surface area contributed by atoms with Crippen LogP contribution in [0.2, 0.25) is 0 Å². The quantitative estimate of drug-likeness (QED) is 0.616. The van der Waals surface area contributed by atoms with E-state index >= 15 is 0 Å². The van der Waals surface area contributed by atoms with Gasteiger partial charge in [-0.25, -0.2) is 0 Å². The van der Waals surface area contributed by atoms with Crippen LogP contribution in [0.3, 0.4) is 0 Å². The first-order valence-electron chi connectivity index (χ1n) is 10.6. The standard InChI is InChI=1S/C27H25N3O2/c1-19(20-11-5-2-6-12-20)25-23(26(28)31)17-29-18-24(25)27(32)30(21-13-7-3-8-14-21)22-15-9-4-10-16-22/h2-19,23,25H,1H3,(H2,28,31). The maximum atomic E-state index is 14.0. The molecule has 160 valence electrons. The van der Waals surface area contributed by atoms with Crippen molar-refractivity contribution in [1.82, 2.24) is 0 Å². The Morgan fingerprint density at radius 1 is 0.844 bits per heavy atom. The third kappa shape index (κ3) is 4.23. The van der Waals surface area contributed by atoms with E-state index in [1.807, 2.05) is 97.9 Å². The number of para-hydroxylation sites is 2. The number of hydrogen-bond acceptors (Lipinski definition) is 3. The van der Waals surface area contributed by atoms with Gasteiger partial charge in [0.05, 0.1) is 5.92 Å². The molecule has 2 amide bonds. The summed E-state index contributed by atoms with van der Waals surface area (Å²) in [4.78, 5) is 32.3. The number of benzene rings is 3. The first kappa shape index (κ1) is 21.2. The molecule has 0 aromatic heterocycles. The summed E-state index contributed by atoms with van der Waals surface area (Å²) in [5.41, 5.74) is 8.72. The van der Waals surface area contributed by atoms with Gasteiger partial charge in [0.25, 0.3) is 5.91 Å². The number of aliphatic imine (C=N–C) groups is 1. The van der Waals surface area contributed by atoms with Crippen molar-refractivity contribution in [2.75, 3.05) is 4.90 Å². The smallest absolute Gasteiger partial charge is 0.260 e. The lowest BCUT2D eigenvalue weighted by atomic mass is 9.73. The van der Waals surface area contributed by atoms with Crippen molar-refractivity contribution in [1.29, 1.82) is 0 Å². The molecule has 0 aliphatic carbocycles. The summed E-state index contributed by atoms with van der Waals surface area (Å²) >= 11 is 0. The van der Waals surface area contributed by atoms with Crippen molar-refractivity contribution in [3.63, 3.8) is 0 Å². The summed E-state index contributed by atoms with van der Waals surface area (Å²) in [6.45, 7) is 2.02. The molecule has 0 bridgehead atoms. The normalized spacial score (nSPS) is 18.5. The molecule has 0 saturated carbocycles. The molecule has 2 N–H and O–H groups in total. The number of carbonyl (C=O) groups excluding carboxylic acids is 2. The van der Waals surface area contributed by atoms with Crippen LogP contribution in [0.4, 0.5) is 11.4 Å². The van der Waals surface area contributed by atoms with Crippen molar-refractivity contribution in [3.8, 4) is 0 Å². The highest BCUT2D eigenvalue weighted by atomic mass is 16.2. The minimum Gasteiger partial charge on any atom is -0.369 e. The Kier molecular flexibility index (Phi) is 6.26. The van der Waals surface area contributed by atoms with Crippen molar-refractivity contribution in [3.05, 3.63) is 108 Å². The van der Waals surface area contributed by atoms with Crippen LogP contribution in [-0.2, 0) is 9.59 Å². The molecule has 3 aromatic rings. The van der Waals surface area contributed by atoms with Crippen LogP contribution in [0.1, 0.15) is 18.4 Å². The van der Waals surface area contributed by atoms with Crippen molar-refractivity contribution in [2.24, 2.45) is 22.6 Å². The third-order valence-electron chi connectivity index (χ3n) is 5.88. The van der Waals surface area contributed by atoms with Gasteiger partial charge in [0.2, 0.25) is 5.91 Å². The van der Waals surface area contributed by atoms with Crippen molar-refractivity contribution in [2.45, 2.75) is 12.8 Å². The molecule has 0 saturated heterocycles. The highest BCUT2D eigenvalue weighted by Crippen LogP contribution is 2.39. The van der Waals surface area contributed by atoms with Gasteiger partial charge in [0.1, 0.15) is 0 Å². The molecule has 0 fully saturated rings. The van der Waals surface area contributed by atoms with Crippen LogP contribution in [-0.4, -0.2) is 18.0 Å². The molecule has 3 unspecified atom stereocenters. The number of nitrogens with two attached hydrogens (primary N) is 1. The lowest BCUT2D eigenvalue weighted by molar-refractivity contribution is -0.121. The molecule has 5 heteroatoms. The molecular formula is C27H25N3O2. The lowest BCUT2D eigenvalue weighted by Crippen LogP contribution is -2.41. The van der Waals surface area contributed by atoms with Gasteiger partial charge in [0.15, 0.2) is 0 Å². The topological polar surface area (TPSA) is 75.8 Å². The van der Waals surface area contributed by atoms with Crippen LogP contribution < -0.4 is 10.6 Å². The van der Waals surface area contributed by atoms with E-state index in [4.69, 9.17) is 5.73 Å². The molecule has 5 nitrogen and oxygen atoms in total. The van der Waals surface area contributed by atoms with E-state index in [0.29, 0.717) is 5.57 Å².